The molecule has 3 aromatic rings. The Morgan fingerprint density at radius 1 is 1.41 bits per heavy atom. The zero-order chi connectivity index (χ0) is 19.0. The minimum Gasteiger partial charge on any atom is -0.397 e. The SMILES string of the molecule is CC[C@@H]1CCc2nc3sc(C(=O)NCc4cccc(Cl)c4)c(N)c3cc2C1. The highest BCUT2D eigenvalue weighted by molar-refractivity contribution is 7.21. The van der Waals surface area contributed by atoms with Crippen LogP contribution in [0.4, 0.5) is 5.69 Å². The molecule has 2 heterocycles. The van der Waals surface area contributed by atoms with E-state index in [4.69, 9.17) is 22.3 Å². The first-order chi connectivity index (χ1) is 13.0. The second-order valence-electron chi connectivity index (χ2n) is 7.12. The van der Waals surface area contributed by atoms with Crippen molar-refractivity contribution in [3.05, 3.63) is 57.1 Å². The van der Waals surface area contributed by atoms with Crippen LogP contribution in [0.15, 0.2) is 30.3 Å². The largest absolute Gasteiger partial charge is 0.397 e. The summed E-state index contributed by atoms with van der Waals surface area (Å²) in [6.45, 7) is 2.65. The van der Waals surface area contributed by atoms with E-state index in [2.05, 4.69) is 18.3 Å². The normalized spacial score (nSPS) is 16.3. The number of amides is 1. The number of nitrogens with one attached hydrogen (secondary N) is 1. The first kappa shape index (κ1) is 18.3. The van der Waals surface area contributed by atoms with Crippen molar-refractivity contribution in [1.29, 1.82) is 0 Å². The Bertz CT molecular complexity index is 1010. The van der Waals surface area contributed by atoms with Gasteiger partial charge in [0.05, 0.1) is 5.69 Å². The molecule has 3 N–H and O–H groups in total. The molecule has 4 rings (SSSR count). The summed E-state index contributed by atoms with van der Waals surface area (Å²) in [5.41, 5.74) is 10.3. The van der Waals surface area contributed by atoms with Crippen molar-refractivity contribution in [3.63, 3.8) is 0 Å². The number of carbonyl (C=O) groups is 1. The second-order valence-corrected chi connectivity index (χ2v) is 8.56. The van der Waals surface area contributed by atoms with Crippen molar-refractivity contribution in [1.82, 2.24) is 10.3 Å². The van der Waals surface area contributed by atoms with Gasteiger partial charge in [-0.05, 0) is 54.5 Å². The van der Waals surface area contributed by atoms with Crippen LogP contribution in [0, 0.1) is 5.92 Å². The Labute approximate surface area is 167 Å². The zero-order valence-corrected chi connectivity index (χ0v) is 16.8. The average molecular weight is 400 g/mol. The molecule has 6 heteroatoms. The molecule has 1 aliphatic rings. The van der Waals surface area contributed by atoms with Gasteiger partial charge in [-0.1, -0.05) is 37.1 Å². The molecule has 1 aromatic carbocycles. The molecule has 0 spiro atoms. The van der Waals surface area contributed by atoms with Gasteiger partial charge < -0.3 is 11.1 Å². The molecule has 140 valence electrons. The maximum atomic E-state index is 12.7. The van der Waals surface area contributed by atoms with Gasteiger partial charge in [0.1, 0.15) is 9.71 Å². The predicted octanol–water partition coefficient (Wildman–Crippen LogP) is 4.98. The fourth-order valence-corrected chi connectivity index (χ4v) is 4.92. The average Bonchev–Trinajstić information content (AvgIpc) is 3.00. The summed E-state index contributed by atoms with van der Waals surface area (Å²) >= 11 is 7.38. The highest BCUT2D eigenvalue weighted by atomic mass is 35.5. The lowest BCUT2D eigenvalue weighted by atomic mass is 9.85. The summed E-state index contributed by atoms with van der Waals surface area (Å²) in [6, 6.07) is 9.61. The van der Waals surface area contributed by atoms with Crippen molar-refractivity contribution in [2.45, 2.75) is 39.2 Å². The lowest BCUT2D eigenvalue weighted by molar-refractivity contribution is 0.0956. The van der Waals surface area contributed by atoms with Gasteiger partial charge in [0.15, 0.2) is 0 Å². The number of nitrogens with zero attached hydrogens (tertiary/aromatic N) is 1. The summed E-state index contributed by atoms with van der Waals surface area (Å²) in [5, 5.41) is 4.50. The van der Waals surface area contributed by atoms with Crippen molar-refractivity contribution in [2.24, 2.45) is 5.92 Å². The summed E-state index contributed by atoms with van der Waals surface area (Å²) in [6.07, 6.45) is 4.45. The molecular weight excluding hydrogens is 378 g/mol. The van der Waals surface area contributed by atoms with Gasteiger partial charge in [0, 0.05) is 22.6 Å². The molecule has 0 bridgehead atoms. The van der Waals surface area contributed by atoms with Crippen LogP contribution in [-0.2, 0) is 19.4 Å². The molecule has 4 nitrogen and oxygen atoms in total. The number of hydrogen-bond donors (Lipinski definition) is 2. The van der Waals surface area contributed by atoms with Gasteiger partial charge in [0.25, 0.3) is 5.91 Å². The van der Waals surface area contributed by atoms with E-state index in [1.54, 1.807) is 0 Å². The Morgan fingerprint density at radius 3 is 3.04 bits per heavy atom. The first-order valence-corrected chi connectivity index (χ1v) is 10.5. The van der Waals surface area contributed by atoms with E-state index >= 15 is 0 Å². The summed E-state index contributed by atoms with van der Waals surface area (Å²) in [4.78, 5) is 18.9. The number of nitrogens with two attached hydrogens (primary N) is 1. The van der Waals surface area contributed by atoms with Crippen molar-refractivity contribution in [2.75, 3.05) is 5.73 Å². The van der Waals surface area contributed by atoms with Crippen LogP contribution in [0.2, 0.25) is 5.02 Å². The fraction of sp³-hybridized carbons (Fsp3) is 0.333. The predicted molar refractivity (Wildman–Crippen MR) is 112 cm³/mol. The Morgan fingerprint density at radius 2 is 2.26 bits per heavy atom. The molecule has 0 aliphatic heterocycles. The van der Waals surface area contributed by atoms with E-state index in [9.17, 15) is 4.79 Å². The van der Waals surface area contributed by atoms with E-state index in [1.807, 2.05) is 24.3 Å². The molecule has 1 amide bonds. The van der Waals surface area contributed by atoms with E-state index in [1.165, 1.54) is 35.4 Å². The number of aromatic nitrogens is 1. The van der Waals surface area contributed by atoms with Crippen molar-refractivity contribution < 1.29 is 4.79 Å². The Kier molecular flexibility index (Phi) is 5.06. The Hall–Kier alpha value is -2.11. The third-order valence-corrected chi connectivity index (χ3v) is 6.66. The Balaban J connectivity index is 1.58. The van der Waals surface area contributed by atoms with Crippen molar-refractivity contribution in [3.8, 4) is 0 Å². The number of nitrogen functional groups attached to an aromatic ring is 1. The smallest absolute Gasteiger partial charge is 0.263 e. The molecule has 0 radical (unpaired) electrons. The third kappa shape index (κ3) is 3.66. The molecule has 0 unspecified atom stereocenters. The molecular formula is C21H22ClN3OS. The molecule has 1 atom stereocenters. The van der Waals surface area contributed by atoms with E-state index in [0.717, 1.165) is 34.5 Å². The number of benzene rings is 1. The number of aryl methyl sites for hydroxylation is 1. The fourth-order valence-electron chi connectivity index (χ4n) is 3.69. The summed E-state index contributed by atoms with van der Waals surface area (Å²) < 4.78 is 0. The number of rotatable bonds is 4. The molecule has 0 fully saturated rings. The quantitative estimate of drug-likeness (QED) is 0.650. The van der Waals surface area contributed by atoms with Gasteiger partial charge in [-0.3, -0.25) is 4.79 Å². The number of carbonyl (C=O) groups excluding carboxylic acids is 1. The molecule has 1 aliphatic carbocycles. The van der Waals surface area contributed by atoms with Crippen LogP contribution in [0.3, 0.4) is 0 Å². The number of halogens is 1. The maximum absolute atomic E-state index is 12.7. The molecule has 0 saturated heterocycles. The number of pyridine rings is 1. The number of thiophene rings is 1. The van der Waals surface area contributed by atoms with E-state index in [0.29, 0.717) is 22.1 Å². The summed E-state index contributed by atoms with van der Waals surface area (Å²) in [7, 11) is 0. The number of anilines is 1. The van der Waals surface area contributed by atoms with Crippen LogP contribution in [0.25, 0.3) is 10.2 Å². The minimum atomic E-state index is -0.167. The van der Waals surface area contributed by atoms with E-state index < -0.39 is 0 Å². The molecule has 0 saturated carbocycles. The van der Waals surface area contributed by atoms with Crippen LogP contribution < -0.4 is 11.1 Å². The third-order valence-electron chi connectivity index (χ3n) is 5.31. The van der Waals surface area contributed by atoms with Crippen LogP contribution in [0.5, 0.6) is 0 Å². The standard InChI is InChI=1S/C21H22ClN3OS/c1-2-12-6-7-17-14(8-12)10-16-18(23)19(27-21(16)25-17)20(26)24-11-13-4-3-5-15(22)9-13/h3-5,9-10,12H,2,6-8,11,23H2,1H3,(H,24,26)/t12-/m1/s1. The van der Waals surface area contributed by atoms with E-state index in [-0.39, 0.29) is 5.91 Å². The molecule has 27 heavy (non-hydrogen) atoms. The summed E-state index contributed by atoms with van der Waals surface area (Å²) in [5.74, 6) is 0.553. The first-order valence-electron chi connectivity index (χ1n) is 9.28. The van der Waals surface area contributed by atoms with Crippen LogP contribution >= 0.6 is 22.9 Å². The van der Waals surface area contributed by atoms with Gasteiger partial charge in [-0.2, -0.15) is 0 Å². The zero-order valence-electron chi connectivity index (χ0n) is 15.2. The van der Waals surface area contributed by atoms with Gasteiger partial charge in [-0.15, -0.1) is 11.3 Å². The van der Waals surface area contributed by atoms with Crippen LogP contribution in [0.1, 0.15) is 46.3 Å². The van der Waals surface area contributed by atoms with Crippen molar-refractivity contribution >= 4 is 44.7 Å². The maximum Gasteiger partial charge on any atom is 0.263 e. The number of hydrogen-bond acceptors (Lipinski definition) is 4. The lowest BCUT2D eigenvalue weighted by Crippen LogP contribution is -2.22. The van der Waals surface area contributed by atoms with Gasteiger partial charge in [0.2, 0.25) is 0 Å². The van der Waals surface area contributed by atoms with Gasteiger partial charge >= 0.3 is 0 Å². The molecule has 2 aromatic heterocycles. The highest BCUT2D eigenvalue weighted by Crippen LogP contribution is 2.36. The topological polar surface area (TPSA) is 68.0 Å². The second kappa shape index (κ2) is 7.49. The lowest BCUT2D eigenvalue weighted by Gasteiger charge is -2.22. The minimum absolute atomic E-state index is 0.167. The number of fused-ring (bicyclic) bond motifs is 2. The highest BCUT2D eigenvalue weighted by Gasteiger charge is 2.23. The van der Waals surface area contributed by atoms with Gasteiger partial charge in [-0.25, -0.2) is 4.98 Å². The monoisotopic (exact) mass is 399 g/mol. The van der Waals surface area contributed by atoms with Crippen LogP contribution in [-0.4, -0.2) is 10.9 Å².